The summed E-state index contributed by atoms with van der Waals surface area (Å²) in [6, 6.07) is 29.1. The zero-order valence-corrected chi connectivity index (χ0v) is 29.0. The number of nitrogens with two attached hydrogens (primary N) is 2. The molecular formula is C42H34N6O6. The quantitative estimate of drug-likeness (QED) is 0.197. The number of para-hydroxylation sites is 2. The van der Waals surface area contributed by atoms with Crippen LogP contribution >= 0.6 is 0 Å². The number of benzene rings is 4. The number of carbonyl (C=O) groups excluding carboxylic acids is 4. The van der Waals surface area contributed by atoms with Crippen molar-refractivity contribution in [3.63, 3.8) is 0 Å². The lowest BCUT2D eigenvalue weighted by Crippen LogP contribution is -2.31. The van der Waals surface area contributed by atoms with Gasteiger partial charge in [0.1, 0.15) is 0 Å². The molecule has 2 heterocycles. The molecule has 0 saturated heterocycles. The Morgan fingerprint density at radius 1 is 0.611 bits per heavy atom. The molecule has 0 unspecified atom stereocenters. The van der Waals surface area contributed by atoms with Crippen molar-refractivity contribution >= 4 is 45.2 Å². The molecule has 6 N–H and O–H groups in total. The second-order valence-electron chi connectivity index (χ2n) is 13.2. The van der Waals surface area contributed by atoms with Gasteiger partial charge in [0, 0.05) is 34.7 Å². The molecule has 0 radical (unpaired) electrons. The maximum Gasteiger partial charge on any atom is 0.269 e. The maximum absolute atomic E-state index is 11.8. The van der Waals surface area contributed by atoms with Gasteiger partial charge in [-0.25, -0.2) is 9.36 Å². The molecule has 8 rings (SSSR count). The number of rotatable bonds is 4. The Morgan fingerprint density at radius 3 is 1.39 bits per heavy atom. The van der Waals surface area contributed by atoms with E-state index in [1.165, 1.54) is 0 Å². The van der Waals surface area contributed by atoms with Crippen LogP contribution in [-0.4, -0.2) is 64.4 Å². The summed E-state index contributed by atoms with van der Waals surface area (Å²) in [5.74, 6) is 9.57. The van der Waals surface area contributed by atoms with Gasteiger partial charge in [0.2, 0.25) is 0 Å². The first-order chi connectivity index (χ1) is 26.0. The summed E-state index contributed by atoms with van der Waals surface area (Å²) in [5, 5.41) is 30.7. The van der Waals surface area contributed by atoms with Gasteiger partial charge in [-0.2, -0.15) is 10.2 Å². The Balaban J connectivity index is 0.000000167. The van der Waals surface area contributed by atoms with E-state index in [9.17, 15) is 29.4 Å². The molecular weight excluding hydrogens is 684 g/mol. The first kappa shape index (κ1) is 35.5. The van der Waals surface area contributed by atoms with Gasteiger partial charge in [0.15, 0.2) is 34.2 Å². The third-order valence-electron chi connectivity index (χ3n) is 9.46. The molecule has 268 valence electrons. The third-order valence-corrected chi connectivity index (χ3v) is 9.46. The lowest BCUT2D eigenvalue weighted by Gasteiger charge is -2.11. The molecule has 2 atom stereocenters. The normalized spacial score (nSPS) is 19.1. The number of primary amides is 2. The van der Waals surface area contributed by atoms with Crippen molar-refractivity contribution in [1.29, 1.82) is 0 Å². The summed E-state index contributed by atoms with van der Waals surface area (Å²) < 4.78 is 3.27. The van der Waals surface area contributed by atoms with Crippen molar-refractivity contribution in [2.24, 2.45) is 11.5 Å². The van der Waals surface area contributed by atoms with Gasteiger partial charge in [-0.05, 0) is 74.2 Å². The van der Waals surface area contributed by atoms with E-state index >= 15 is 0 Å². The Kier molecular flexibility index (Phi) is 9.40. The van der Waals surface area contributed by atoms with Gasteiger partial charge >= 0.3 is 0 Å². The molecule has 2 amide bonds. The number of amides is 2. The number of fused-ring (bicyclic) bond motifs is 2. The fourth-order valence-electron chi connectivity index (χ4n) is 6.64. The van der Waals surface area contributed by atoms with E-state index in [0.29, 0.717) is 71.8 Å². The van der Waals surface area contributed by atoms with Crippen LogP contribution in [0.5, 0.6) is 0 Å². The molecule has 0 spiro atoms. The van der Waals surface area contributed by atoms with Crippen molar-refractivity contribution in [2.75, 3.05) is 0 Å². The number of aliphatic hydroxyl groups is 2. The van der Waals surface area contributed by atoms with Gasteiger partial charge in [-0.15, -0.1) is 0 Å². The number of nitrogens with zero attached hydrogens (tertiary/aromatic N) is 4. The molecule has 0 aliphatic heterocycles. The van der Waals surface area contributed by atoms with Crippen LogP contribution in [0.15, 0.2) is 97.1 Å². The maximum atomic E-state index is 11.8. The van der Waals surface area contributed by atoms with Gasteiger partial charge in [0.25, 0.3) is 11.8 Å². The molecule has 2 fully saturated rings. The number of ketones is 2. The van der Waals surface area contributed by atoms with E-state index in [1.54, 1.807) is 57.9 Å². The summed E-state index contributed by atoms with van der Waals surface area (Å²) in [7, 11) is 0. The summed E-state index contributed by atoms with van der Waals surface area (Å²) in [5.41, 5.74) is 12.4. The summed E-state index contributed by atoms with van der Waals surface area (Å²) in [6.07, 6.45) is 2.76. The minimum Gasteiger partial charge on any atom is -0.371 e. The first-order valence-corrected chi connectivity index (χ1v) is 17.3. The molecule has 2 aliphatic carbocycles. The lowest BCUT2D eigenvalue weighted by atomic mass is 10.0. The highest BCUT2D eigenvalue weighted by Gasteiger charge is 2.39. The Hall–Kier alpha value is -6.86. The zero-order chi connectivity index (χ0) is 38.0. The monoisotopic (exact) mass is 718 g/mol. The average molecular weight is 719 g/mol. The summed E-state index contributed by atoms with van der Waals surface area (Å²) in [4.78, 5) is 47.0. The van der Waals surface area contributed by atoms with Crippen molar-refractivity contribution in [1.82, 2.24) is 19.6 Å². The fraction of sp³-hybridized carbons (Fsp3) is 0.190. The first-order valence-electron chi connectivity index (χ1n) is 17.3. The number of carbonyl (C=O) groups is 4. The molecule has 12 nitrogen and oxygen atoms in total. The number of Topliss-reactive ketones (excluding diaryl/α,β-unsaturated/α-hetero) is 2. The van der Waals surface area contributed by atoms with Crippen LogP contribution in [0.4, 0.5) is 0 Å². The van der Waals surface area contributed by atoms with Crippen LogP contribution < -0.4 is 11.5 Å². The SMILES string of the molecule is NC(=O)c1nn(-c2cccc(C#C[C@@]3(O)CCCC3=O)c2)c2ccccc12.NC(=O)c1nn(-c2cccc(C#C[C@]3(O)CCCC3=O)c2)c2ccccc12. The van der Waals surface area contributed by atoms with Crippen LogP contribution in [0.25, 0.3) is 33.2 Å². The molecule has 2 saturated carbocycles. The molecule has 2 aromatic heterocycles. The van der Waals surface area contributed by atoms with Crippen LogP contribution in [0, 0.1) is 23.7 Å². The minimum absolute atomic E-state index is 0.202. The van der Waals surface area contributed by atoms with Gasteiger partial charge in [-0.1, -0.05) is 72.2 Å². The smallest absolute Gasteiger partial charge is 0.269 e. The van der Waals surface area contributed by atoms with Gasteiger partial charge < -0.3 is 21.7 Å². The van der Waals surface area contributed by atoms with Crippen molar-refractivity contribution in [3.8, 4) is 35.1 Å². The van der Waals surface area contributed by atoms with E-state index in [0.717, 1.165) is 11.0 Å². The molecule has 12 heteroatoms. The Labute approximate surface area is 309 Å². The second-order valence-corrected chi connectivity index (χ2v) is 13.2. The van der Waals surface area contributed by atoms with Gasteiger partial charge in [0.05, 0.1) is 22.4 Å². The van der Waals surface area contributed by atoms with Crippen molar-refractivity contribution in [2.45, 2.75) is 49.7 Å². The van der Waals surface area contributed by atoms with Crippen molar-refractivity contribution in [3.05, 3.63) is 120 Å². The highest BCUT2D eigenvalue weighted by atomic mass is 16.3. The van der Waals surface area contributed by atoms with Crippen LogP contribution in [0.1, 0.15) is 70.6 Å². The van der Waals surface area contributed by atoms with E-state index < -0.39 is 23.0 Å². The molecule has 4 aromatic carbocycles. The average Bonchev–Trinajstić information content (AvgIpc) is 3.94. The second kappa shape index (κ2) is 14.3. The molecule has 54 heavy (non-hydrogen) atoms. The summed E-state index contributed by atoms with van der Waals surface area (Å²) >= 11 is 0. The van der Waals surface area contributed by atoms with E-state index in [-0.39, 0.29) is 23.0 Å². The predicted octanol–water partition coefficient (Wildman–Crippen LogP) is 3.92. The largest absolute Gasteiger partial charge is 0.371 e. The number of hydrogen-bond donors (Lipinski definition) is 4. The topological polar surface area (TPSA) is 196 Å². The fourth-order valence-corrected chi connectivity index (χ4v) is 6.64. The van der Waals surface area contributed by atoms with E-state index in [4.69, 9.17) is 11.5 Å². The highest BCUT2D eigenvalue weighted by molar-refractivity contribution is 6.05. The third kappa shape index (κ3) is 6.87. The lowest BCUT2D eigenvalue weighted by molar-refractivity contribution is -0.129. The number of hydrogen-bond acceptors (Lipinski definition) is 8. The van der Waals surface area contributed by atoms with Crippen LogP contribution in [0.2, 0.25) is 0 Å². The Bertz CT molecular complexity index is 2450. The molecule has 0 bridgehead atoms. The number of aromatic nitrogens is 4. The van der Waals surface area contributed by atoms with E-state index in [1.807, 2.05) is 48.5 Å². The van der Waals surface area contributed by atoms with E-state index in [2.05, 4.69) is 33.9 Å². The standard InChI is InChI=1S/2C21H17N3O3/c2*22-20(26)19-16-7-1-2-8-17(16)24(23-19)15-6-3-5-14(13-15)10-12-21(27)11-4-9-18(21)25/h2*1-3,5-8,13,27H,4,9,11H2,(H2,22,26)/t2*21-/m10/s1. The van der Waals surface area contributed by atoms with Crippen LogP contribution in [-0.2, 0) is 9.59 Å². The molecule has 2 aliphatic rings. The Morgan fingerprint density at radius 2 is 1.02 bits per heavy atom. The zero-order valence-electron chi connectivity index (χ0n) is 29.0. The van der Waals surface area contributed by atoms with Gasteiger partial charge in [-0.3, -0.25) is 19.2 Å². The summed E-state index contributed by atoms with van der Waals surface area (Å²) in [6.45, 7) is 0. The van der Waals surface area contributed by atoms with Crippen molar-refractivity contribution < 1.29 is 29.4 Å². The molecule has 6 aromatic rings. The highest BCUT2D eigenvalue weighted by Crippen LogP contribution is 2.28. The minimum atomic E-state index is -1.55. The van der Waals surface area contributed by atoms with Crippen LogP contribution in [0.3, 0.4) is 0 Å². The predicted molar refractivity (Wildman–Crippen MR) is 201 cm³/mol.